The number of hydrogen-bond acceptors (Lipinski definition) is 5. The predicted molar refractivity (Wildman–Crippen MR) is 134 cm³/mol. The highest BCUT2D eigenvalue weighted by Gasteiger charge is 2.43. The van der Waals surface area contributed by atoms with Crippen molar-refractivity contribution in [2.24, 2.45) is 11.3 Å². The summed E-state index contributed by atoms with van der Waals surface area (Å²) in [5, 5.41) is 23.4. The molecule has 2 aliphatic rings. The minimum atomic E-state index is -0.904. The summed E-state index contributed by atoms with van der Waals surface area (Å²) in [7, 11) is 0. The zero-order valence-corrected chi connectivity index (χ0v) is 21.0. The second-order valence-electron chi connectivity index (χ2n) is 10.7. The molecule has 1 atom stereocenters. The number of thiophene rings is 1. The molecule has 2 N–H and O–H groups in total. The molecule has 1 aromatic carbocycles. The molecular weight excluding hydrogens is 446 g/mol. The Morgan fingerprint density at radius 2 is 1.91 bits per heavy atom. The number of fused-ring (bicyclic) bond motifs is 1. The molecule has 180 valence electrons. The number of piperidine rings is 1. The van der Waals surface area contributed by atoms with Crippen LogP contribution in [-0.4, -0.2) is 41.5 Å². The highest BCUT2D eigenvalue weighted by Crippen LogP contribution is 2.44. The van der Waals surface area contributed by atoms with Crippen LogP contribution in [0.4, 0.5) is 5.00 Å². The molecule has 1 fully saturated rings. The van der Waals surface area contributed by atoms with Crippen molar-refractivity contribution in [1.29, 1.82) is 5.26 Å². The lowest BCUT2D eigenvalue weighted by atomic mass is 9.72. The highest BCUT2D eigenvalue weighted by molar-refractivity contribution is 7.16. The van der Waals surface area contributed by atoms with Gasteiger partial charge in [-0.15, -0.1) is 11.3 Å². The standard InChI is InChI=1S/C27H33N3O3S/c1-26(2,3)19-9-10-20-21(16-28)24(34-22(20)15-19)29-23(31)17-30-13-11-27(12-14-30,25(32)33)18-7-5-4-6-8-18/h4-8,19H,9-15,17H2,1-3H3,(H,29,31)(H,32,33)/t19-/m0/s1. The van der Waals surface area contributed by atoms with Crippen LogP contribution in [0.25, 0.3) is 0 Å². The number of nitrogens with zero attached hydrogens (tertiary/aromatic N) is 2. The van der Waals surface area contributed by atoms with Crippen molar-refractivity contribution in [3.8, 4) is 6.07 Å². The van der Waals surface area contributed by atoms with Crippen molar-refractivity contribution in [3.05, 3.63) is 51.9 Å². The molecular formula is C27H33N3O3S. The first-order valence-electron chi connectivity index (χ1n) is 12.0. The van der Waals surface area contributed by atoms with Crippen LogP contribution < -0.4 is 5.32 Å². The number of anilines is 1. The number of hydrogen-bond donors (Lipinski definition) is 2. The average molecular weight is 480 g/mol. The Morgan fingerprint density at radius 3 is 2.50 bits per heavy atom. The van der Waals surface area contributed by atoms with Crippen LogP contribution in [-0.2, 0) is 27.8 Å². The Bertz CT molecular complexity index is 1100. The maximum absolute atomic E-state index is 12.9. The quantitative estimate of drug-likeness (QED) is 0.641. The van der Waals surface area contributed by atoms with Crippen molar-refractivity contribution in [2.45, 2.75) is 58.3 Å². The minimum absolute atomic E-state index is 0.148. The Kier molecular flexibility index (Phi) is 6.84. The SMILES string of the molecule is CC(C)(C)[C@H]1CCc2c(sc(NC(=O)CN3CCC(C(=O)O)(c4ccccc4)CC3)c2C#N)C1. The first-order chi connectivity index (χ1) is 16.1. The molecule has 7 heteroatoms. The molecule has 0 saturated carbocycles. The first-order valence-corrected chi connectivity index (χ1v) is 12.8. The van der Waals surface area contributed by atoms with Crippen LogP contribution in [0.1, 0.15) is 61.6 Å². The second-order valence-corrected chi connectivity index (χ2v) is 11.8. The number of carbonyl (C=O) groups excluding carboxylic acids is 1. The van der Waals surface area contributed by atoms with Crippen LogP contribution in [0.2, 0.25) is 0 Å². The number of aliphatic carboxylic acids is 1. The second kappa shape index (κ2) is 9.52. The van der Waals surface area contributed by atoms with E-state index < -0.39 is 11.4 Å². The van der Waals surface area contributed by atoms with Gasteiger partial charge in [0.05, 0.1) is 17.5 Å². The predicted octanol–water partition coefficient (Wildman–Crippen LogP) is 4.83. The van der Waals surface area contributed by atoms with Gasteiger partial charge in [-0.1, -0.05) is 51.1 Å². The number of carboxylic acid groups (broad SMARTS) is 1. The maximum Gasteiger partial charge on any atom is 0.314 e. The topological polar surface area (TPSA) is 93.4 Å². The van der Waals surface area contributed by atoms with Gasteiger partial charge in [-0.25, -0.2) is 0 Å². The van der Waals surface area contributed by atoms with Gasteiger partial charge in [0, 0.05) is 18.0 Å². The molecule has 0 unspecified atom stereocenters. The van der Waals surface area contributed by atoms with Crippen LogP contribution in [0.15, 0.2) is 30.3 Å². The lowest BCUT2D eigenvalue weighted by molar-refractivity contribution is -0.146. The summed E-state index contributed by atoms with van der Waals surface area (Å²) >= 11 is 1.55. The van der Waals surface area contributed by atoms with Gasteiger partial charge in [0.2, 0.25) is 5.91 Å². The lowest BCUT2D eigenvalue weighted by Crippen LogP contribution is -2.49. The van der Waals surface area contributed by atoms with Crippen LogP contribution in [0.5, 0.6) is 0 Å². The number of carboxylic acids is 1. The van der Waals surface area contributed by atoms with E-state index in [1.54, 1.807) is 11.3 Å². The van der Waals surface area contributed by atoms with E-state index in [2.05, 4.69) is 32.2 Å². The molecule has 0 spiro atoms. The molecule has 1 amide bonds. The summed E-state index contributed by atoms with van der Waals surface area (Å²) in [6.07, 6.45) is 3.83. The van der Waals surface area contributed by atoms with Crippen LogP contribution >= 0.6 is 11.3 Å². The summed E-state index contributed by atoms with van der Waals surface area (Å²) in [6.45, 7) is 8.06. The van der Waals surface area contributed by atoms with E-state index in [-0.39, 0.29) is 17.9 Å². The zero-order chi connectivity index (χ0) is 24.5. The van der Waals surface area contributed by atoms with Gasteiger partial charge in [0.1, 0.15) is 11.1 Å². The fourth-order valence-corrected chi connectivity index (χ4v) is 6.67. The molecule has 34 heavy (non-hydrogen) atoms. The minimum Gasteiger partial charge on any atom is -0.481 e. The van der Waals surface area contributed by atoms with E-state index in [0.717, 1.165) is 30.4 Å². The molecule has 1 aliphatic carbocycles. The molecule has 2 heterocycles. The molecule has 0 radical (unpaired) electrons. The molecule has 2 aromatic rings. The van der Waals surface area contributed by atoms with Gasteiger partial charge < -0.3 is 10.4 Å². The lowest BCUT2D eigenvalue weighted by Gasteiger charge is -2.38. The number of amides is 1. The van der Waals surface area contributed by atoms with E-state index in [4.69, 9.17) is 0 Å². The van der Waals surface area contributed by atoms with Crippen molar-refractivity contribution in [2.75, 3.05) is 25.0 Å². The smallest absolute Gasteiger partial charge is 0.314 e. The Hall–Kier alpha value is -2.69. The van der Waals surface area contributed by atoms with E-state index >= 15 is 0 Å². The van der Waals surface area contributed by atoms with Gasteiger partial charge in [-0.05, 0) is 54.6 Å². The summed E-state index contributed by atoms with van der Waals surface area (Å²) in [6, 6.07) is 11.7. The summed E-state index contributed by atoms with van der Waals surface area (Å²) < 4.78 is 0. The van der Waals surface area contributed by atoms with Gasteiger partial charge >= 0.3 is 5.97 Å². The number of benzene rings is 1. The summed E-state index contributed by atoms with van der Waals surface area (Å²) in [4.78, 5) is 28.3. The van der Waals surface area contributed by atoms with E-state index in [1.807, 2.05) is 35.2 Å². The highest BCUT2D eigenvalue weighted by atomic mass is 32.1. The molecule has 1 aliphatic heterocycles. The summed E-state index contributed by atoms with van der Waals surface area (Å²) in [5.41, 5.74) is 1.86. The Balaban J connectivity index is 1.40. The van der Waals surface area contributed by atoms with Crippen molar-refractivity contribution >= 4 is 28.2 Å². The van der Waals surface area contributed by atoms with Crippen LogP contribution in [0.3, 0.4) is 0 Å². The van der Waals surface area contributed by atoms with Gasteiger partial charge in [-0.3, -0.25) is 14.5 Å². The largest absolute Gasteiger partial charge is 0.481 e. The molecule has 4 rings (SSSR count). The average Bonchev–Trinajstić information content (AvgIpc) is 3.15. The molecule has 6 nitrogen and oxygen atoms in total. The van der Waals surface area contributed by atoms with E-state index in [0.29, 0.717) is 42.4 Å². The maximum atomic E-state index is 12.9. The van der Waals surface area contributed by atoms with E-state index in [9.17, 15) is 20.0 Å². The number of likely N-dealkylation sites (tertiary alicyclic amines) is 1. The fraction of sp³-hybridized carbons (Fsp3) is 0.519. The monoisotopic (exact) mass is 479 g/mol. The van der Waals surface area contributed by atoms with Gasteiger partial charge in [-0.2, -0.15) is 5.26 Å². The molecule has 0 bridgehead atoms. The normalized spacial score (nSPS) is 20.2. The number of carbonyl (C=O) groups is 2. The number of nitriles is 1. The van der Waals surface area contributed by atoms with Gasteiger partial charge in [0.15, 0.2) is 0 Å². The van der Waals surface area contributed by atoms with Gasteiger partial charge in [0.25, 0.3) is 0 Å². The van der Waals surface area contributed by atoms with Crippen molar-refractivity contribution in [3.63, 3.8) is 0 Å². The van der Waals surface area contributed by atoms with E-state index in [1.165, 1.54) is 4.88 Å². The summed E-state index contributed by atoms with van der Waals surface area (Å²) in [5.74, 6) is -0.384. The van der Waals surface area contributed by atoms with Crippen LogP contribution in [0, 0.1) is 22.7 Å². The Morgan fingerprint density at radius 1 is 1.24 bits per heavy atom. The third-order valence-electron chi connectivity index (χ3n) is 7.67. The van der Waals surface area contributed by atoms with Crippen molar-refractivity contribution < 1.29 is 14.7 Å². The Labute approximate surface area is 205 Å². The molecule has 1 saturated heterocycles. The third-order valence-corrected chi connectivity index (χ3v) is 8.84. The number of nitrogens with one attached hydrogen (secondary N) is 1. The number of rotatable bonds is 5. The third kappa shape index (κ3) is 4.75. The zero-order valence-electron chi connectivity index (χ0n) is 20.2. The fourth-order valence-electron chi connectivity index (χ4n) is 5.38. The molecule has 1 aromatic heterocycles. The van der Waals surface area contributed by atoms with Crippen molar-refractivity contribution in [1.82, 2.24) is 4.90 Å². The first kappa shape index (κ1) is 24.4.